The molecule has 20 heavy (non-hydrogen) atoms. The molecule has 0 aromatic carbocycles. The molecule has 0 radical (unpaired) electrons. The van der Waals surface area contributed by atoms with E-state index in [4.69, 9.17) is 4.74 Å². The second-order valence-corrected chi connectivity index (χ2v) is 7.90. The highest BCUT2D eigenvalue weighted by Gasteiger charge is 2.34. The number of sulfonamides is 1. The summed E-state index contributed by atoms with van der Waals surface area (Å²) in [5, 5.41) is 3.38. The molecule has 2 rings (SSSR count). The number of rotatable bonds is 8. The second-order valence-electron chi connectivity index (χ2n) is 5.97. The fraction of sp³-hybridized carbons (Fsp3) is 1.00. The molecule has 0 bridgehead atoms. The lowest BCUT2D eigenvalue weighted by Crippen LogP contribution is -2.53. The van der Waals surface area contributed by atoms with Gasteiger partial charge in [-0.15, -0.1) is 12.4 Å². The molecule has 0 spiro atoms. The summed E-state index contributed by atoms with van der Waals surface area (Å²) in [6.07, 6.45) is 6.51. The number of ether oxygens (including phenoxy) is 1. The standard InChI is InChI=1S/C13H26N2O3S.ClH/c1-18-11-13(7-3-8-14-13)10-15-19(16,17)9-6-12-4-2-5-12;/h12,14-15H,2-11H2,1H3;1H. The Balaban J connectivity index is 0.00000200. The average Bonchev–Trinajstić information content (AvgIpc) is 2.74. The van der Waals surface area contributed by atoms with Crippen LogP contribution in [-0.2, 0) is 14.8 Å². The van der Waals surface area contributed by atoms with E-state index in [2.05, 4.69) is 10.0 Å². The summed E-state index contributed by atoms with van der Waals surface area (Å²) in [6.45, 7) is 1.93. The maximum atomic E-state index is 12.0. The maximum Gasteiger partial charge on any atom is 0.211 e. The third kappa shape index (κ3) is 5.15. The van der Waals surface area contributed by atoms with Gasteiger partial charge in [0.1, 0.15) is 0 Å². The molecule has 2 fully saturated rings. The molecular weight excluding hydrogens is 300 g/mol. The van der Waals surface area contributed by atoms with Crippen molar-refractivity contribution in [2.24, 2.45) is 5.92 Å². The van der Waals surface area contributed by atoms with E-state index in [-0.39, 0.29) is 23.7 Å². The molecule has 0 amide bonds. The molecule has 1 unspecified atom stereocenters. The highest BCUT2D eigenvalue weighted by Crippen LogP contribution is 2.29. The van der Waals surface area contributed by atoms with Gasteiger partial charge in [0.25, 0.3) is 0 Å². The first-order valence-corrected chi connectivity index (χ1v) is 8.92. The van der Waals surface area contributed by atoms with E-state index in [1.807, 2.05) is 0 Å². The monoisotopic (exact) mass is 326 g/mol. The fourth-order valence-electron chi connectivity index (χ4n) is 2.89. The van der Waals surface area contributed by atoms with Crippen LogP contribution in [0.4, 0.5) is 0 Å². The van der Waals surface area contributed by atoms with Crippen LogP contribution in [0.15, 0.2) is 0 Å². The molecule has 1 aliphatic heterocycles. The van der Waals surface area contributed by atoms with Crippen molar-refractivity contribution in [2.45, 2.75) is 44.1 Å². The lowest BCUT2D eigenvalue weighted by molar-refractivity contribution is 0.122. The predicted octanol–water partition coefficient (Wildman–Crippen LogP) is 1.29. The molecule has 1 heterocycles. The molecule has 2 N–H and O–H groups in total. The maximum absolute atomic E-state index is 12.0. The van der Waals surface area contributed by atoms with Gasteiger partial charge in [-0.05, 0) is 31.7 Å². The van der Waals surface area contributed by atoms with Crippen LogP contribution in [0.3, 0.4) is 0 Å². The average molecular weight is 327 g/mol. The molecule has 0 aromatic rings. The van der Waals surface area contributed by atoms with Gasteiger partial charge in [-0.25, -0.2) is 13.1 Å². The Morgan fingerprint density at radius 3 is 2.60 bits per heavy atom. The molecule has 2 aliphatic rings. The van der Waals surface area contributed by atoms with Crippen molar-refractivity contribution in [1.82, 2.24) is 10.0 Å². The Hall–Kier alpha value is 0.120. The Morgan fingerprint density at radius 2 is 2.10 bits per heavy atom. The van der Waals surface area contributed by atoms with E-state index in [1.54, 1.807) is 7.11 Å². The van der Waals surface area contributed by atoms with Crippen molar-refractivity contribution in [3.63, 3.8) is 0 Å². The largest absolute Gasteiger partial charge is 0.383 e. The van der Waals surface area contributed by atoms with Crippen LogP contribution in [0, 0.1) is 5.92 Å². The first kappa shape index (κ1) is 18.2. The van der Waals surface area contributed by atoms with E-state index in [0.717, 1.165) is 25.8 Å². The van der Waals surface area contributed by atoms with Crippen LogP contribution in [-0.4, -0.2) is 46.5 Å². The molecule has 7 heteroatoms. The van der Waals surface area contributed by atoms with Crippen molar-refractivity contribution < 1.29 is 13.2 Å². The molecule has 1 saturated heterocycles. The zero-order valence-corrected chi connectivity index (χ0v) is 13.8. The predicted molar refractivity (Wildman–Crippen MR) is 82.8 cm³/mol. The molecule has 120 valence electrons. The smallest absolute Gasteiger partial charge is 0.211 e. The fourth-order valence-corrected chi connectivity index (χ4v) is 4.18. The Bertz CT molecular complexity index is 379. The topological polar surface area (TPSA) is 67.4 Å². The van der Waals surface area contributed by atoms with Gasteiger partial charge in [0.15, 0.2) is 0 Å². The minimum atomic E-state index is -3.14. The summed E-state index contributed by atoms with van der Waals surface area (Å²) in [6, 6.07) is 0. The summed E-state index contributed by atoms with van der Waals surface area (Å²) < 4.78 is 32.0. The van der Waals surface area contributed by atoms with E-state index < -0.39 is 10.0 Å². The van der Waals surface area contributed by atoms with Gasteiger partial charge in [0.2, 0.25) is 10.0 Å². The van der Waals surface area contributed by atoms with E-state index in [1.165, 1.54) is 19.3 Å². The molecular formula is C13H27ClN2O3S. The Morgan fingerprint density at radius 1 is 1.35 bits per heavy atom. The summed E-state index contributed by atoms with van der Waals surface area (Å²) in [7, 11) is -1.48. The highest BCUT2D eigenvalue weighted by molar-refractivity contribution is 7.89. The van der Waals surface area contributed by atoms with Gasteiger partial charge in [-0.2, -0.15) is 0 Å². The van der Waals surface area contributed by atoms with Gasteiger partial charge in [-0.3, -0.25) is 0 Å². The van der Waals surface area contributed by atoms with E-state index in [9.17, 15) is 8.42 Å². The van der Waals surface area contributed by atoms with Crippen molar-refractivity contribution in [1.29, 1.82) is 0 Å². The summed E-state index contributed by atoms with van der Waals surface area (Å²) in [5.41, 5.74) is -0.210. The Labute approximate surface area is 128 Å². The molecule has 1 saturated carbocycles. The minimum Gasteiger partial charge on any atom is -0.383 e. The van der Waals surface area contributed by atoms with Crippen LogP contribution in [0.25, 0.3) is 0 Å². The SMILES string of the molecule is COCC1(CNS(=O)(=O)CCC2CCC2)CCCN1.Cl. The third-order valence-corrected chi connectivity index (χ3v) is 5.76. The van der Waals surface area contributed by atoms with Crippen molar-refractivity contribution >= 4 is 22.4 Å². The molecule has 5 nitrogen and oxygen atoms in total. The zero-order valence-electron chi connectivity index (χ0n) is 12.2. The zero-order chi connectivity index (χ0) is 13.8. The number of hydrogen-bond acceptors (Lipinski definition) is 4. The molecule has 1 atom stereocenters. The van der Waals surface area contributed by atoms with Gasteiger partial charge >= 0.3 is 0 Å². The van der Waals surface area contributed by atoms with Crippen molar-refractivity contribution in [3.05, 3.63) is 0 Å². The lowest BCUT2D eigenvalue weighted by atomic mass is 9.84. The summed E-state index contributed by atoms with van der Waals surface area (Å²) in [5.74, 6) is 0.898. The first-order valence-electron chi connectivity index (χ1n) is 7.27. The summed E-state index contributed by atoms with van der Waals surface area (Å²) in [4.78, 5) is 0. The third-order valence-electron chi connectivity index (χ3n) is 4.40. The van der Waals surface area contributed by atoms with Gasteiger partial charge < -0.3 is 10.1 Å². The number of halogens is 1. The normalized spacial score (nSPS) is 27.1. The quantitative estimate of drug-likeness (QED) is 0.705. The van der Waals surface area contributed by atoms with Crippen LogP contribution < -0.4 is 10.0 Å². The van der Waals surface area contributed by atoms with E-state index >= 15 is 0 Å². The first-order chi connectivity index (χ1) is 9.05. The highest BCUT2D eigenvalue weighted by atomic mass is 35.5. The van der Waals surface area contributed by atoms with Crippen LogP contribution in [0.1, 0.15) is 38.5 Å². The number of nitrogens with one attached hydrogen (secondary N) is 2. The van der Waals surface area contributed by atoms with Crippen molar-refractivity contribution in [2.75, 3.05) is 32.6 Å². The van der Waals surface area contributed by atoms with Gasteiger partial charge in [0, 0.05) is 13.7 Å². The van der Waals surface area contributed by atoms with E-state index in [0.29, 0.717) is 19.1 Å². The number of methoxy groups -OCH3 is 1. The Kier molecular flexibility index (Phi) is 7.21. The van der Waals surface area contributed by atoms with Gasteiger partial charge in [0.05, 0.1) is 17.9 Å². The van der Waals surface area contributed by atoms with Crippen LogP contribution in [0.2, 0.25) is 0 Å². The minimum absolute atomic E-state index is 0. The van der Waals surface area contributed by atoms with Crippen LogP contribution >= 0.6 is 12.4 Å². The number of hydrogen-bond donors (Lipinski definition) is 2. The van der Waals surface area contributed by atoms with Crippen LogP contribution in [0.5, 0.6) is 0 Å². The molecule has 0 aromatic heterocycles. The second kappa shape index (κ2) is 7.94. The van der Waals surface area contributed by atoms with Crippen molar-refractivity contribution in [3.8, 4) is 0 Å². The lowest BCUT2D eigenvalue weighted by Gasteiger charge is -2.29. The summed E-state index contributed by atoms with van der Waals surface area (Å²) >= 11 is 0. The molecule has 1 aliphatic carbocycles. The van der Waals surface area contributed by atoms with Gasteiger partial charge in [-0.1, -0.05) is 19.3 Å².